The van der Waals surface area contributed by atoms with E-state index in [9.17, 15) is 0 Å². The molecule has 31 heavy (non-hydrogen) atoms. The lowest BCUT2D eigenvalue weighted by Crippen LogP contribution is -1.83. The minimum Gasteiger partial charge on any atom is -0.139 e. The number of aryl methyl sites for hydroxylation is 2. The quantitative estimate of drug-likeness (QED) is 0.182. The molecule has 0 bridgehead atoms. The average Bonchev–Trinajstić information content (AvgIpc) is 3.53. The van der Waals surface area contributed by atoms with Gasteiger partial charge in [0.1, 0.15) is 0 Å². The highest BCUT2D eigenvalue weighted by atomic mass is 32.1. The molecule has 0 nitrogen and oxygen atoms in total. The van der Waals surface area contributed by atoms with E-state index in [-0.39, 0.29) is 0 Å². The van der Waals surface area contributed by atoms with E-state index in [1.165, 1.54) is 109 Å². The molecule has 0 aliphatic heterocycles. The maximum absolute atomic E-state index is 2.36. The molecular weight excluding hydrogens is 433 g/mol. The van der Waals surface area contributed by atoms with Crippen molar-refractivity contribution < 1.29 is 0 Å². The molecule has 0 radical (unpaired) electrons. The second-order valence-corrected chi connectivity index (χ2v) is 12.2. The summed E-state index contributed by atoms with van der Waals surface area (Å²) < 4.78 is 0. The van der Waals surface area contributed by atoms with E-state index in [0.29, 0.717) is 0 Å². The Morgan fingerprint density at radius 3 is 1.26 bits per heavy atom. The van der Waals surface area contributed by atoms with Crippen molar-refractivity contribution in [2.75, 3.05) is 0 Å². The maximum Gasteiger partial charge on any atom is 0.0449 e. The summed E-state index contributed by atoms with van der Waals surface area (Å²) in [7, 11) is 0. The molecule has 0 spiro atoms. The smallest absolute Gasteiger partial charge is 0.0449 e. The third kappa shape index (κ3) is 8.51. The highest BCUT2D eigenvalue weighted by Gasteiger charge is 2.10. The van der Waals surface area contributed by atoms with E-state index in [0.717, 1.165) is 0 Å². The second kappa shape index (κ2) is 14.3. The van der Waals surface area contributed by atoms with E-state index < -0.39 is 0 Å². The molecule has 0 amide bonds. The first kappa shape index (κ1) is 24.7. The molecule has 3 heteroatoms. The van der Waals surface area contributed by atoms with E-state index in [1.54, 1.807) is 9.75 Å². The minimum absolute atomic E-state index is 1.25. The molecule has 0 saturated heterocycles. The van der Waals surface area contributed by atoms with E-state index in [4.69, 9.17) is 0 Å². The van der Waals surface area contributed by atoms with Crippen molar-refractivity contribution in [2.45, 2.75) is 104 Å². The molecule has 0 aliphatic carbocycles. The van der Waals surface area contributed by atoms with Crippen LogP contribution in [0.15, 0.2) is 36.4 Å². The standard InChI is InChI=1S/C28H40S3/c1-3-5-7-9-10-11-12-14-16-24-18-20-26(30-24)28-22-21-27(31-28)25-19-17-23(29-25)15-13-8-6-4-2/h17-22H,3-16H2,1-2H3. The van der Waals surface area contributed by atoms with Gasteiger partial charge in [0.15, 0.2) is 0 Å². The zero-order valence-corrected chi connectivity index (χ0v) is 22.0. The van der Waals surface area contributed by atoms with Gasteiger partial charge in [-0.2, -0.15) is 0 Å². The second-order valence-electron chi connectivity index (χ2n) is 8.73. The van der Waals surface area contributed by atoms with Gasteiger partial charge in [-0.25, -0.2) is 0 Å². The van der Waals surface area contributed by atoms with Crippen LogP contribution in [-0.2, 0) is 12.8 Å². The molecule has 0 N–H and O–H groups in total. The summed E-state index contributed by atoms with van der Waals surface area (Å²) in [5, 5.41) is 0. The fourth-order valence-corrected chi connectivity index (χ4v) is 7.34. The van der Waals surface area contributed by atoms with Crippen LogP contribution in [0.5, 0.6) is 0 Å². The Morgan fingerprint density at radius 1 is 0.419 bits per heavy atom. The number of unbranched alkanes of at least 4 members (excludes halogenated alkanes) is 10. The Kier molecular flexibility index (Phi) is 11.4. The van der Waals surface area contributed by atoms with E-state index in [2.05, 4.69) is 50.2 Å². The predicted octanol–water partition coefficient (Wildman–Crippen LogP) is 11.0. The Hall–Kier alpha value is -0.900. The predicted molar refractivity (Wildman–Crippen MR) is 145 cm³/mol. The molecule has 0 unspecified atom stereocenters. The zero-order valence-electron chi connectivity index (χ0n) is 19.6. The molecular formula is C28H40S3. The largest absolute Gasteiger partial charge is 0.139 e. The summed E-state index contributed by atoms with van der Waals surface area (Å²) in [4.78, 5) is 8.85. The summed E-state index contributed by atoms with van der Waals surface area (Å²) in [5.41, 5.74) is 0. The molecule has 0 aliphatic rings. The van der Waals surface area contributed by atoms with Gasteiger partial charge in [0, 0.05) is 29.3 Å². The fourth-order valence-electron chi connectivity index (χ4n) is 4.05. The summed E-state index contributed by atoms with van der Waals surface area (Å²) in [6, 6.07) is 14.0. The topological polar surface area (TPSA) is 0 Å². The Balaban J connectivity index is 1.43. The molecule has 0 atom stereocenters. The van der Waals surface area contributed by atoms with Crippen molar-refractivity contribution >= 4 is 34.0 Å². The lowest BCUT2D eigenvalue weighted by atomic mass is 10.1. The van der Waals surface area contributed by atoms with Crippen LogP contribution in [0.1, 0.15) is 101 Å². The van der Waals surface area contributed by atoms with Crippen LogP contribution in [0.2, 0.25) is 0 Å². The molecule has 3 aromatic rings. The number of rotatable bonds is 16. The van der Waals surface area contributed by atoms with Gasteiger partial charge in [-0.3, -0.25) is 0 Å². The Bertz CT molecular complexity index is 851. The molecule has 0 aromatic carbocycles. The first-order valence-corrected chi connectivity index (χ1v) is 15.0. The summed E-state index contributed by atoms with van der Waals surface area (Å²) >= 11 is 5.96. The fraction of sp³-hybridized carbons (Fsp3) is 0.571. The van der Waals surface area contributed by atoms with Crippen molar-refractivity contribution in [2.24, 2.45) is 0 Å². The third-order valence-corrected chi connectivity index (χ3v) is 9.74. The molecule has 3 rings (SSSR count). The first-order chi connectivity index (χ1) is 15.3. The molecule has 170 valence electrons. The summed E-state index contributed by atoms with van der Waals surface area (Å²) in [5.74, 6) is 0. The van der Waals surface area contributed by atoms with Gasteiger partial charge >= 0.3 is 0 Å². The summed E-state index contributed by atoms with van der Waals surface area (Å²) in [6.45, 7) is 4.57. The highest BCUT2D eigenvalue weighted by molar-refractivity contribution is 7.26. The van der Waals surface area contributed by atoms with E-state index in [1.807, 2.05) is 34.0 Å². The van der Waals surface area contributed by atoms with Gasteiger partial charge in [-0.1, -0.05) is 78.1 Å². The van der Waals surface area contributed by atoms with Crippen molar-refractivity contribution in [1.29, 1.82) is 0 Å². The molecule has 0 fully saturated rings. The van der Waals surface area contributed by atoms with Gasteiger partial charge in [-0.05, 0) is 62.1 Å². The van der Waals surface area contributed by atoms with Crippen LogP contribution in [0.4, 0.5) is 0 Å². The molecule has 0 saturated carbocycles. The van der Waals surface area contributed by atoms with Crippen LogP contribution in [0.3, 0.4) is 0 Å². The monoisotopic (exact) mass is 472 g/mol. The highest BCUT2D eigenvalue weighted by Crippen LogP contribution is 2.40. The van der Waals surface area contributed by atoms with Crippen molar-refractivity contribution in [1.82, 2.24) is 0 Å². The maximum atomic E-state index is 2.36. The zero-order chi connectivity index (χ0) is 21.7. The molecule has 3 aromatic heterocycles. The van der Waals surface area contributed by atoms with E-state index >= 15 is 0 Å². The Labute approximate surface area is 202 Å². The first-order valence-electron chi connectivity index (χ1n) is 12.6. The lowest BCUT2D eigenvalue weighted by Gasteiger charge is -2.00. The average molecular weight is 473 g/mol. The SMILES string of the molecule is CCCCCCCCCCc1ccc(-c2ccc(-c3ccc(CCCCCC)s3)s2)s1. The summed E-state index contributed by atoms with van der Waals surface area (Å²) in [6.07, 6.45) is 19.1. The van der Waals surface area contributed by atoms with Crippen LogP contribution >= 0.6 is 34.0 Å². The van der Waals surface area contributed by atoms with Gasteiger partial charge in [0.25, 0.3) is 0 Å². The van der Waals surface area contributed by atoms with Crippen molar-refractivity contribution in [3.63, 3.8) is 0 Å². The number of thiophene rings is 3. The van der Waals surface area contributed by atoms with Gasteiger partial charge in [0.05, 0.1) is 0 Å². The van der Waals surface area contributed by atoms with Crippen LogP contribution in [-0.4, -0.2) is 0 Å². The number of hydrogen-bond acceptors (Lipinski definition) is 3. The van der Waals surface area contributed by atoms with Gasteiger partial charge in [0.2, 0.25) is 0 Å². The van der Waals surface area contributed by atoms with Crippen molar-refractivity contribution in [3.05, 3.63) is 46.2 Å². The van der Waals surface area contributed by atoms with Gasteiger partial charge < -0.3 is 0 Å². The van der Waals surface area contributed by atoms with Crippen LogP contribution < -0.4 is 0 Å². The Morgan fingerprint density at radius 2 is 0.774 bits per heavy atom. The van der Waals surface area contributed by atoms with Crippen LogP contribution in [0, 0.1) is 0 Å². The van der Waals surface area contributed by atoms with Crippen LogP contribution in [0.25, 0.3) is 19.5 Å². The van der Waals surface area contributed by atoms with Gasteiger partial charge in [-0.15, -0.1) is 34.0 Å². The molecule has 3 heterocycles. The minimum atomic E-state index is 1.25. The third-order valence-electron chi connectivity index (χ3n) is 5.97. The number of hydrogen-bond donors (Lipinski definition) is 0. The normalized spacial score (nSPS) is 11.4. The van der Waals surface area contributed by atoms with Crippen molar-refractivity contribution in [3.8, 4) is 19.5 Å². The lowest BCUT2D eigenvalue weighted by molar-refractivity contribution is 0.576.